The number of imidazole rings is 1. The number of hydrogen-bond acceptors (Lipinski definition) is 8. The van der Waals surface area contributed by atoms with Crippen LogP contribution in [0, 0.1) is 11.8 Å². The fourth-order valence-corrected chi connectivity index (χ4v) is 8.02. The number of carbonyl (C=O) groups excluding carboxylic acids is 2. The van der Waals surface area contributed by atoms with Gasteiger partial charge in [0.05, 0.1) is 24.4 Å². The first kappa shape index (κ1) is 28.7. The molecule has 0 radical (unpaired) electrons. The molecule has 2 saturated carbocycles. The molecule has 0 unspecified atom stereocenters. The van der Waals surface area contributed by atoms with Crippen molar-refractivity contribution in [3.05, 3.63) is 65.3 Å². The highest BCUT2D eigenvalue weighted by atomic mass is 35.5. The van der Waals surface area contributed by atoms with Gasteiger partial charge in [0.15, 0.2) is 5.82 Å². The lowest BCUT2D eigenvalue weighted by molar-refractivity contribution is 0.0521. The summed E-state index contributed by atoms with van der Waals surface area (Å²) in [7, 11) is 1.62. The summed E-state index contributed by atoms with van der Waals surface area (Å²) in [5.74, 6) is 2.02. The zero-order valence-corrected chi connectivity index (χ0v) is 26.7. The number of likely N-dealkylation sites (tertiary alicyclic amines) is 2. The number of nitrogens with two attached hydrogens (primary N) is 1. The highest BCUT2D eigenvalue weighted by Gasteiger charge is 2.47. The second-order valence-corrected chi connectivity index (χ2v) is 13.7. The Morgan fingerprint density at radius 2 is 1.85 bits per heavy atom. The number of rotatable bonds is 7. The second kappa shape index (κ2) is 10.7. The van der Waals surface area contributed by atoms with Crippen LogP contribution in [0.1, 0.15) is 52.6 Å². The molecule has 3 atom stereocenters. The van der Waals surface area contributed by atoms with E-state index in [-0.39, 0.29) is 40.9 Å². The maximum Gasteiger partial charge on any atom is 0.272 e. The Hall–Kier alpha value is -4.55. The lowest BCUT2D eigenvalue weighted by Crippen LogP contribution is -2.51. The summed E-state index contributed by atoms with van der Waals surface area (Å²) in [6.07, 6.45) is 7.70. The number of nitrogens with zero attached hydrogens (tertiary/aromatic N) is 8. The van der Waals surface area contributed by atoms with Crippen molar-refractivity contribution in [3.8, 4) is 17.3 Å². The van der Waals surface area contributed by atoms with Crippen molar-refractivity contribution in [2.75, 3.05) is 26.7 Å². The number of carbonyl (C=O) groups is 2. The molecule has 4 fully saturated rings. The van der Waals surface area contributed by atoms with Crippen LogP contribution in [0.15, 0.2) is 48.8 Å². The molecule has 6 heterocycles. The molecule has 9 rings (SSSR count). The van der Waals surface area contributed by atoms with Gasteiger partial charge in [0.25, 0.3) is 11.8 Å². The van der Waals surface area contributed by atoms with Crippen molar-refractivity contribution >= 4 is 45.5 Å². The largest absolute Gasteiger partial charge is 0.494 e. The lowest BCUT2D eigenvalue weighted by Gasteiger charge is -2.40. The van der Waals surface area contributed by atoms with Crippen LogP contribution >= 0.6 is 11.6 Å². The number of aromatic nitrogens is 6. The minimum Gasteiger partial charge on any atom is -0.494 e. The molecule has 2 bridgehead atoms. The Labute approximate surface area is 275 Å². The van der Waals surface area contributed by atoms with E-state index in [1.807, 2.05) is 29.3 Å². The fraction of sp³-hybridized carbons (Fsp3) is 0.412. The van der Waals surface area contributed by atoms with Gasteiger partial charge in [0, 0.05) is 61.6 Å². The summed E-state index contributed by atoms with van der Waals surface area (Å²) in [6.45, 7) is 2.42. The standard InChI is InChI=1S/C34H34ClN9O3/c1-47-27-13-21(32(45)43-15-20-6-7-25(43)28(20)36)11-24-29(27)44(22-16-41(17-22)33(46)23-8-10-38-34(35)40-23)31(39-24)26-12-19-3-2-9-37-30(19)42(26)14-18-4-5-18/h2-3,8-13,18,20,22,25,28H,4-7,14-17,36H2,1H3/t20-,25-,28-/m1/s1. The van der Waals surface area contributed by atoms with Crippen molar-refractivity contribution in [3.63, 3.8) is 0 Å². The van der Waals surface area contributed by atoms with E-state index in [4.69, 9.17) is 32.0 Å². The lowest BCUT2D eigenvalue weighted by atomic mass is 10.1. The molecular weight excluding hydrogens is 618 g/mol. The summed E-state index contributed by atoms with van der Waals surface area (Å²) in [4.78, 5) is 49.0. The van der Waals surface area contributed by atoms with E-state index in [9.17, 15) is 9.59 Å². The van der Waals surface area contributed by atoms with Gasteiger partial charge in [-0.1, -0.05) is 0 Å². The molecule has 240 valence electrons. The zero-order valence-electron chi connectivity index (χ0n) is 25.9. The van der Waals surface area contributed by atoms with Crippen LogP contribution in [-0.4, -0.2) is 89.5 Å². The molecule has 0 spiro atoms. The second-order valence-electron chi connectivity index (χ2n) is 13.4. The molecule has 5 aromatic rings. The predicted octanol–water partition coefficient (Wildman–Crippen LogP) is 4.17. The number of halogens is 1. The fourth-order valence-electron chi connectivity index (χ4n) is 7.87. The Balaban J connectivity index is 1.16. The number of fused-ring (bicyclic) bond motifs is 4. The Kier molecular flexibility index (Phi) is 6.55. The first-order valence-electron chi connectivity index (χ1n) is 16.3. The summed E-state index contributed by atoms with van der Waals surface area (Å²) in [5.41, 5.74) is 10.6. The summed E-state index contributed by atoms with van der Waals surface area (Å²) < 4.78 is 10.5. The highest BCUT2D eigenvalue weighted by Crippen LogP contribution is 2.42. The zero-order chi connectivity index (χ0) is 32.0. The molecule has 13 heteroatoms. The topological polar surface area (TPSA) is 137 Å². The summed E-state index contributed by atoms with van der Waals surface area (Å²) in [6, 6.07) is 11.4. The van der Waals surface area contributed by atoms with Gasteiger partial charge in [-0.05, 0) is 85.5 Å². The molecule has 4 aromatic heterocycles. The van der Waals surface area contributed by atoms with Gasteiger partial charge in [-0.3, -0.25) is 9.59 Å². The first-order valence-corrected chi connectivity index (χ1v) is 16.6. The van der Waals surface area contributed by atoms with Crippen LogP contribution in [-0.2, 0) is 6.54 Å². The van der Waals surface area contributed by atoms with E-state index in [0.717, 1.165) is 47.5 Å². The van der Waals surface area contributed by atoms with E-state index in [1.165, 1.54) is 19.0 Å². The van der Waals surface area contributed by atoms with Crippen molar-refractivity contribution in [1.29, 1.82) is 0 Å². The molecule has 2 aliphatic heterocycles. The molecule has 2 saturated heterocycles. The van der Waals surface area contributed by atoms with E-state index in [2.05, 4.69) is 31.2 Å². The Bertz CT molecular complexity index is 2080. The van der Waals surface area contributed by atoms with E-state index in [1.54, 1.807) is 18.1 Å². The van der Waals surface area contributed by atoms with Gasteiger partial charge in [-0.15, -0.1) is 0 Å². The maximum absolute atomic E-state index is 13.9. The Morgan fingerprint density at radius 1 is 1.00 bits per heavy atom. The molecule has 4 aliphatic rings. The van der Waals surface area contributed by atoms with Crippen LogP contribution in [0.25, 0.3) is 33.6 Å². The van der Waals surface area contributed by atoms with E-state index >= 15 is 0 Å². The van der Waals surface area contributed by atoms with Crippen LogP contribution in [0.2, 0.25) is 5.28 Å². The van der Waals surface area contributed by atoms with Crippen molar-refractivity contribution < 1.29 is 14.3 Å². The number of piperidine rings is 1. The number of amides is 2. The number of methoxy groups -OCH3 is 1. The molecule has 47 heavy (non-hydrogen) atoms. The van der Waals surface area contributed by atoms with Gasteiger partial charge >= 0.3 is 0 Å². The number of hydrogen-bond donors (Lipinski definition) is 1. The number of pyridine rings is 1. The van der Waals surface area contributed by atoms with Crippen molar-refractivity contribution in [2.45, 2.75) is 50.4 Å². The third-order valence-corrected chi connectivity index (χ3v) is 10.7. The van der Waals surface area contributed by atoms with Crippen molar-refractivity contribution in [2.24, 2.45) is 17.6 Å². The molecule has 2 N–H and O–H groups in total. The monoisotopic (exact) mass is 651 g/mol. The quantitative estimate of drug-likeness (QED) is 0.259. The molecule has 2 amide bonds. The van der Waals surface area contributed by atoms with E-state index in [0.29, 0.717) is 48.3 Å². The van der Waals surface area contributed by atoms with Gasteiger partial charge in [0.2, 0.25) is 5.28 Å². The van der Waals surface area contributed by atoms with Gasteiger partial charge < -0.3 is 29.4 Å². The minimum atomic E-state index is -0.207. The third kappa shape index (κ3) is 4.60. The van der Waals surface area contributed by atoms with Gasteiger partial charge in [-0.25, -0.2) is 19.9 Å². The van der Waals surface area contributed by atoms with E-state index < -0.39 is 0 Å². The van der Waals surface area contributed by atoms with Gasteiger partial charge in [0.1, 0.15) is 22.6 Å². The molecule has 2 aliphatic carbocycles. The third-order valence-electron chi connectivity index (χ3n) is 10.5. The van der Waals surface area contributed by atoms with Crippen molar-refractivity contribution in [1.82, 2.24) is 38.9 Å². The molecule has 1 aromatic carbocycles. The summed E-state index contributed by atoms with van der Waals surface area (Å²) in [5, 5.41) is 1.07. The number of ether oxygens (including phenoxy) is 1. The smallest absolute Gasteiger partial charge is 0.272 e. The van der Waals surface area contributed by atoms with Crippen LogP contribution in [0.5, 0.6) is 5.75 Å². The van der Waals surface area contributed by atoms with Crippen LogP contribution in [0.4, 0.5) is 0 Å². The highest BCUT2D eigenvalue weighted by molar-refractivity contribution is 6.28. The number of benzene rings is 1. The average Bonchev–Trinajstić information content (AvgIpc) is 3.40. The normalized spacial score (nSPS) is 22.4. The van der Waals surface area contributed by atoms with Gasteiger partial charge in [-0.2, -0.15) is 0 Å². The summed E-state index contributed by atoms with van der Waals surface area (Å²) >= 11 is 5.98. The maximum atomic E-state index is 13.9. The minimum absolute atomic E-state index is 0.0278. The van der Waals surface area contributed by atoms with Crippen LogP contribution < -0.4 is 10.5 Å². The molecule has 12 nitrogen and oxygen atoms in total. The predicted molar refractivity (Wildman–Crippen MR) is 175 cm³/mol. The Morgan fingerprint density at radius 3 is 2.57 bits per heavy atom. The molecular formula is C34H34ClN9O3. The SMILES string of the molecule is COc1cc(C(=O)N2C[C@H]3CC[C@@H]2[C@@H]3N)cc2nc(-c3cc4cccnc4n3CC3CC3)n(C3CN(C(=O)c4ccnc(Cl)n4)C3)c12. The van der Waals surface area contributed by atoms with Crippen LogP contribution in [0.3, 0.4) is 0 Å². The first-order chi connectivity index (χ1) is 22.9. The average molecular weight is 652 g/mol.